The maximum absolute atomic E-state index is 12.6. The minimum Gasteiger partial charge on any atom is -0.469 e. The Bertz CT molecular complexity index is 1170. The molecule has 0 aliphatic rings. The third-order valence-corrected chi connectivity index (χ3v) is 5.61. The van der Waals surface area contributed by atoms with Crippen LogP contribution in [0, 0.1) is 6.92 Å². The summed E-state index contributed by atoms with van der Waals surface area (Å²) in [6, 6.07) is 13.2. The lowest BCUT2D eigenvalue weighted by Gasteiger charge is -2.11. The molecule has 0 aliphatic heterocycles. The van der Waals surface area contributed by atoms with Crippen molar-refractivity contribution in [1.82, 2.24) is 10.9 Å². The third-order valence-electron chi connectivity index (χ3n) is 3.92. The topological polar surface area (TPSA) is 118 Å². The normalized spacial score (nSPS) is 11.0. The van der Waals surface area contributed by atoms with Crippen LogP contribution in [0.1, 0.15) is 26.5 Å². The molecule has 1 aromatic heterocycles. The number of nitrogens with one attached hydrogen (secondary N) is 3. The maximum Gasteiger partial charge on any atom is 0.273 e. The average molecular weight is 434 g/mol. The van der Waals surface area contributed by atoms with Crippen LogP contribution in [-0.2, 0) is 10.0 Å². The second-order valence-corrected chi connectivity index (χ2v) is 8.00. The van der Waals surface area contributed by atoms with Gasteiger partial charge in [-0.2, -0.15) is 0 Å². The summed E-state index contributed by atoms with van der Waals surface area (Å²) in [5.41, 5.74) is 5.01. The number of amides is 2. The zero-order valence-electron chi connectivity index (χ0n) is 15.1. The molecule has 3 rings (SSSR count). The number of aryl methyl sites for hydroxylation is 1. The molecular weight excluding hydrogens is 418 g/mol. The SMILES string of the molecule is Cc1occc1C(=O)NNC(=O)c1cccc(S(=O)(=O)Nc2ccccc2Cl)c1. The van der Waals surface area contributed by atoms with Gasteiger partial charge in [-0.3, -0.25) is 25.2 Å². The standard InChI is InChI=1S/C19H16ClN3O5S/c1-12-15(9-10-28-12)19(25)22-21-18(24)13-5-4-6-14(11-13)29(26,27)23-17-8-3-2-7-16(17)20/h2-11,23H,1H3,(H,21,24)(H,22,25). The first-order chi connectivity index (χ1) is 13.8. The molecule has 8 nitrogen and oxygen atoms in total. The number of furan rings is 1. The first-order valence-corrected chi connectivity index (χ1v) is 10.2. The van der Waals surface area contributed by atoms with Gasteiger partial charge in [0.25, 0.3) is 21.8 Å². The lowest BCUT2D eigenvalue weighted by molar-refractivity contribution is 0.0845. The third kappa shape index (κ3) is 4.76. The van der Waals surface area contributed by atoms with Gasteiger partial charge < -0.3 is 4.42 Å². The van der Waals surface area contributed by atoms with Crippen LogP contribution >= 0.6 is 11.6 Å². The van der Waals surface area contributed by atoms with Crippen molar-refractivity contribution in [2.45, 2.75) is 11.8 Å². The fourth-order valence-corrected chi connectivity index (χ4v) is 3.79. The Balaban J connectivity index is 1.73. The molecule has 0 fully saturated rings. The smallest absolute Gasteiger partial charge is 0.273 e. The van der Waals surface area contributed by atoms with E-state index in [1.807, 2.05) is 0 Å². The Morgan fingerprint density at radius 3 is 2.38 bits per heavy atom. The van der Waals surface area contributed by atoms with E-state index in [1.54, 1.807) is 25.1 Å². The fraction of sp³-hybridized carbons (Fsp3) is 0.0526. The highest BCUT2D eigenvalue weighted by Crippen LogP contribution is 2.24. The number of anilines is 1. The lowest BCUT2D eigenvalue weighted by Crippen LogP contribution is -2.41. The number of benzene rings is 2. The quantitative estimate of drug-likeness (QED) is 0.534. The molecule has 3 N–H and O–H groups in total. The van der Waals surface area contributed by atoms with Crippen LogP contribution in [0.2, 0.25) is 5.02 Å². The summed E-state index contributed by atoms with van der Waals surface area (Å²) in [6.45, 7) is 1.61. The van der Waals surface area contributed by atoms with Gasteiger partial charge in [0.15, 0.2) is 0 Å². The molecule has 0 aliphatic carbocycles. The predicted molar refractivity (Wildman–Crippen MR) is 107 cm³/mol. The van der Waals surface area contributed by atoms with E-state index in [-0.39, 0.29) is 26.7 Å². The zero-order chi connectivity index (χ0) is 21.0. The predicted octanol–water partition coefficient (Wildman–Crippen LogP) is 3.12. The number of para-hydroxylation sites is 1. The van der Waals surface area contributed by atoms with E-state index in [9.17, 15) is 18.0 Å². The van der Waals surface area contributed by atoms with Gasteiger partial charge in [0.1, 0.15) is 5.76 Å². The molecule has 0 saturated heterocycles. The molecule has 29 heavy (non-hydrogen) atoms. The van der Waals surface area contributed by atoms with Crippen molar-refractivity contribution in [3.05, 3.63) is 82.8 Å². The summed E-state index contributed by atoms with van der Waals surface area (Å²) in [6.07, 6.45) is 1.35. The van der Waals surface area contributed by atoms with E-state index >= 15 is 0 Å². The maximum atomic E-state index is 12.6. The van der Waals surface area contributed by atoms with Crippen LogP contribution in [0.4, 0.5) is 5.69 Å². The monoisotopic (exact) mass is 433 g/mol. The molecule has 10 heteroatoms. The molecular formula is C19H16ClN3O5S. The highest BCUT2D eigenvalue weighted by atomic mass is 35.5. The second-order valence-electron chi connectivity index (χ2n) is 5.91. The van der Waals surface area contributed by atoms with Gasteiger partial charge in [-0.1, -0.05) is 29.8 Å². The van der Waals surface area contributed by atoms with Gasteiger partial charge in [0, 0.05) is 5.56 Å². The molecule has 0 atom stereocenters. The Morgan fingerprint density at radius 2 is 1.69 bits per heavy atom. The van der Waals surface area contributed by atoms with Gasteiger partial charge in [-0.15, -0.1) is 0 Å². The lowest BCUT2D eigenvalue weighted by atomic mass is 10.2. The molecule has 0 radical (unpaired) electrons. The summed E-state index contributed by atoms with van der Waals surface area (Å²) in [7, 11) is -3.98. The Labute approximate surface area is 171 Å². The molecule has 0 unspecified atom stereocenters. The molecule has 0 spiro atoms. The minimum atomic E-state index is -3.98. The number of hydrazine groups is 1. The van der Waals surface area contributed by atoms with Crippen molar-refractivity contribution in [3.63, 3.8) is 0 Å². The highest BCUT2D eigenvalue weighted by molar-refractivity contribution is 7.92. The van der Waals surface area contributed by atoms with E-state index in [1.165, 1.54) is 42.7 Å². The number of carbonyl (C=O) groups excluding carboxylic acids is 2. The average Bonchev–Trinajstić information content (AvgIpc) is 3.13. The zero-order valence-corrected chi connectivity index (χ0v) is 16.7. The number of hydrogen-bond acceptors (Lipinski definition) is 5. The molecule has 3 aromatic rings. The number of carbonyl (C=O) groups is 2. The van der Waals surface area contributed by atoms with Gasteiger partial charge in [0.05, 0.1) is 27.4 Å². The molecule has 1 heterocycles. The van der Waals surface area contributed by atoms with Crippen molar-refractivity contribution in [2.24, 2.45) is 0 Å². The van der Waals surface area contributed by atoms with Crippen molar-refractivity contribution in [2.75, 3.05) is 4.72 Å². The van der Waals surface area contributed by atoms with Gasteiger partial charge in [0.2, 0.25) is 0 Å². The summed E-state index contributed by atoms with van der Waals surface area (Å²) in [4.78, 5) is 24.2. The number of sulfonamides is 1. The summed E-state index contributed by atoms with van der Waals surface area (Å²) in [5.74, 6) is -0.849. The first kappa shape index (κ1) is 20.4. The Morgan fingerprint density at radius 1 is 0.966 bits per heavy atom. The highest BCUT2D eigenvalue weighted by Gasteiger charge is 2.18. The molecule has 150 valence electrons. The van der Waals surface area contributed by atoms with E-state index in [2.05, 4.69) is 15.6 Å². The van der Waals surface area contributed by atoms with E-state index in [4.69, 9.17) is 16.0 Å². The van der Waals surface area contributed by atoms with Crippen LogP contribution in [0.15, 0.2) is 70.2 Å². The summed E-state index contributed by atoms with van der Waals surface area (Å²) in [5, 5.41) is 0.238. The Hall–Kier alpha value is -3.30. The molecule has 2 amide bonds. The van der Waals surface area contributed by atoms with Gasteiger partial charge in [-0.25, -0.2) is 8.42 Å². The van der Waals surface area contributed by atoms with Crippen molar-refractivity contribution >= 4 is 39.1 Å². The summed E-state index contributed by atoms with van der Waals surface area (Å²) >= 11 is 5.99. The fourth-order valence-electron chi connectivity index (χ4n) is 2.43. The number of hydrogen-bond donors (Lipinski definition) is 3. The molecule has 2 aromatic carbocycles. The number of rotatable bonds is 5. The van der Waals surface area contributed by atoms with Gasteiger partial charge in [-0.05, 0) is 43.3 Å². The van der Waals surface area contributed by atoms with Crippen LogP contribution in [0.5, 0.6) is 0 Å². The minimum absolute atomic E-state index is 0.0382. The van der Waals surface area contributed by atoms with Crippen LogP contribution < -0.4 is 15.6 Å². The second kappa shape index (κ2) is 8.38. The van der Waals surface area contributed by atoms with Crippen molar-refractivity contribution in [1.29, 1.82) is 0 Å². The van der Waals surface area contributed by atoms with Gasteiger partial charge >= 0.3 is 0 Å². The van der Waals surface area contributed by atoms with Crippen LogP contribution in [-0.4, -0.2) is 20.2 Å². The van der Waals surface area contributed by atoms with E-state index < -0.39 is 21.8 Å². The van der Waals surface area contributed by atoms with Crippen LogP contribution in [0.3, 0.4) is 0 Å². The molecule has 0 saturated carbocycles. The van der Waals surface area contributed by atoms with E-state index in [0.29, 0.717) is 5.76 Å². The largest absolute Gasteiger partial charge is 0.469 e. The van der Waals surface area contributed by atoms with Crippen LogP contribution in [0.25, 0.3) is 0 Å². The van der Waals surface area contributed by atoms with Crippen molar-refractivity contribution < 1.29 is 22.4 Å². The first-order valence-electron chi connectivity index (χ1n) is 8.30. The van der Waals surface area contributed by atoms with Crippen molar-refractivity contribution in [3.8, 4) is 0 Å². The Kier molecular flexibility index (Phi) is 5.90. The molecule has 0 bridgehead atoms. The van der Waals surface area contributed by atoms with E-state index in [0.717, 1.165) is 0 Å². The summed E-state index contributed by atoms with van der Waals surface area (Å²) < 4.78 is 32.6. The number of halogens is 1.